The quantitative estimate of drug-likeness (QED) is 0.276. The molecule has 0 radical (unpaired) electrons. The van der Waals surface area contributed by atoms with Crippen LogP contribution in [0.4, 0.5) is 0 Å². The molecule has 0 amide bonds. The smallest absolute Gasteiger partial charge is 0.465 e. The zero-order chi connectivity index (χ0) is 16.3. The molecule has 7 nitrogen and oxygen atoms in total. The Morgan fingerprint density at radius 2 is 1.45 bits per heavy atom. The van der Waals surface area contributed by atoms with E-state index in [2.05, 4.69) is 23.3 Å². The Labute approximate surface area is 154 Å². The van der Waals surface area contributed by atoms with Gasteiger partial charge in [0.05, 0.1) is 13.2 Å². The van der Waals surface area contributed by atoms with Crippen molar-refractivity contribution in [3.8, 4) is 0 Å². The third-order valence-corrected chi connectivity index (χ3v) is 2.12. The van der Waals surface area contributed by atoms with Crippen LogP contribution in [0, 0.1) is 43.5 Å². The molecule has 22 heavy (non-hydrogen) atoms. The molecule has 0 unspecified atom stereocenters. The molecule has 0 atom stereocenters. The van der Waals surface area contributed by atoms with Gasteiger partial charge in [0.1, 0.15) is 0 Å². The van der Waals surface area contributed by atoms with Gasteiger partial charge in [0.2, 0.25) is 0 Å². The molecule has 0 aliphatic carbocycles. The molecule has 8 heteroatoms. The van der Waals surface area contributed by atoms with Crippen molar-refractivity contribution in [3.05, 3.63) is 42.2 Å². The first kappa shape index (κ1) is 23.4. The molecule has 1 aromatic rings. The van der Waals surface area contributed by atoms with Gasteiger partial charge in [-0.05, 0) is 13.8 Å². The number of hydrogen-bond donors (Lipinski definition) is 3. The van der Waals surface area contributed by atoms with Gasteiger partial charge in [-0.1, -0.05) is 0 Å². The number of ether oxygens (including phenoxy) is 2. The third-order valence-electron chi connectivity index (χ3n) is 2.12. The van der Waals surface area contributed by atoms with E-state index in [0.717, 1.165) is 0 Å². The SMILES string of the molecule is CCOC(=O)C(C(=O)OCC)c1cc[c-]cc1.N[C-](N)N.[U+2]. The predicted octanol–water partition coefficient (Wildman–Crippen LogP) is 0.00608. The zero-order valence-electron chi connectivity index (χ0n) is 12.7. The van der Waals surface area contributed by atoms with Crippen molar-refractivity contribution in [2.75, 3.05) is 13.2 Å². The largest absolute Gasteiger partial charge is 2.00 e. The van der Waals surface area contributed by atoms with Crippen molar-refractivity contribution in [2.24, 2.45) is 17.2 Å². The van der Waals surface area contributed by atoms with E-state index in [4.69, 9.17) is 9.47 Å². The summed E-state index contributed by atoms with van der Waals surface area (Å²) in [6.45, 7) is 3.85. The summed E-state index contributed by atoms with van der Waals surface area (Å²) in [7, 11) is 0. The van der Waals surface area contributed by atoms with E-state index in [1.165, 1.54) is 0 Å². The van der Waals surface area contributed by atoms with Crippen LogP contribution in [0.2, 0.25) is 0 Å². The van der Waals surface area contributed by atoms with Crippen LogP contribution in [0.5, 0.6) is 0 Å². The molecule has 1 aromatic carbocycles. The van der Waals surface area contributed by atoms with E-state index in [1.54, 1.807) is 38.1 Å². The van der Waals surface area contributed by atoms with Crippen LogP contribution in [-0.2, 0) is 19.1 Å². The number of nitrogens with two attached hydrogens (primary N) is 3. The molecule has 120 valence electrons. The topological polar surface area (TPSA) is 131 Å². The Morgan fingerprint density at radius 3 is 1.77 bits per heavy atom. The van der Waals surface area contributed by atoms with Crippen LogP contribution in [0.25, 0.3) is 0 Å². The second kappa shape index (κ2) is 13.7. The third kappa shape index (κ3) is 9.93. The maximum absolute atomic E-state index is 11.7. The Balaban J connectivity index is 0. The van der Waals surface area contributed by atoms with Gasteiger partial charge in [-0.15, -0.1) is 11.9 Å². The van der Waals surface area contributed by atoms with Crippen LogP contribution in [0.3, 0.4) is 0 Å². The van der Waals surface area contributed by atoms with Crippen molar-refractivity contribution in [1.82, 2.24) is 0 Å². The number of hydrogen-bond acceptors (Lipinski definition) is 7. The Hall–Kier alpha value is -0.908. The molecule has 0 fully saturated rings. The summed E-state index contributed by atoms with van der Waals surface area (Å²) in [5, 5.41) is 0. The number of benzene rings is 1. The zero-order valence-corrected chi connectivity index (χ0v) is 16.8. The van der Waals surface area contributed by atoms with Crippen molar-refractivity contribution >= 4 is 11.9 Å². The number of carbonyl (C=O) groups is 2. The van der Waals surface area contributed by atoms with E-state index in [9.17, 15) is 9.59 Å². The molecular weight excluding hydrogens is 512 g/mol. The molecule has 0 heterocycles. The maximum atomic E-state index is 11.7. The predicted molar refractivity (Wildman–Crippen MR) is 77.1 cm³/mol. The normalized spacial score (nSPS) is 9.41. The number of esters is 2. The van der Waals surface area contributed by atoms with Gasteiger partial charge in [-0.25, -0.2) is 0 Å². The van der Waals surface area contributed by atoms with Crippen molar-refractivity contribution in [3.63, 3.8) is 0 Å². The molecule has 6 N–H and O–H groups in total. The van der Waals surface area contributed by atoms with Gasteiger partial charge in [0, 0.05) is 0 Å². The fourth-order valence-corrected chi connectivity index (χ4v) is 1.41. The van der Waals surface area contributed by atoms with E-state index >= 15 is 0 Å². The second-order valence-corrected chi connectivity index (χ2v) is 3.77. The van der Waals surface area contributed by atoms with Crippen LogP contribution in [0.15, 0.2) is 24.3 Å². The summed E-state index contributed by atoms with van der Waals surface area (Å²) in [4.78, 5) is 23.5. The van der Waals surface area contributed by atoms with E-state index in [1.807, 2.05) is 0 Å². The molecule has 0 spiro atoms. The van der Waals surface area contributed by atoms with Gasteiger partial charge in [-0.3, -0.25) is 9.59 Å². The molecule has 0 saturated carbocycles. The molecule has 0 aliphatic heterocycles. The van der Waals surface area contributed by atoms with Crippen LogP contribution >= 0.6 is 0 Å². The summed E-state index contributed by atoms with van der Waals surface area (Å²) in [6, 6.07) is 9.41. The first-order chi connectivity index (χ1) is 9.93. The second-order valence-electron chi connectivity index (χ2n) is 3.77. The summed E-state index contributed by atoms with van der Waals surface area (Å²) < 4.78 is 9.75. The number of rotatable bonds is 5. The summed E-state index contributed by atoms with van der Waals surface area (Å²) in [5.74, 6) is -2.18. The fraction of sp³-hybridized carbons (Fsp3) is 0.357. The Kier molecular flexibility index (Phi) is 14.6. The average Bonchev–Trinajstić information content (AvgIpc) is 2.40. The van der Waals surface area contributed by atoms with Crippen molar-refractivity contribution in [2.45, 2.75) is 19.8 Å². The first-order valence-electron chi connectivity index (χ1n) is 6.36. The van der Waals surface area contributed by atoms with Crippen LogP contribution in [0.1, 0.15) is 25.3 Å². The number of carbonyl (C=O) groups excluding carboxylic acids is 2. The standard InChI is InChI=1S/C13H15O4.CH6N3.U/c1-3-16-12(14)11(13(15)17-4-2)10-8-6-5-7-9-10;2-1(3)4;/h6-9,11H,3-4H2,1-2H3;2-4H2;/q2*-1;+2. The first-order valence-corrected chi connectivity index (χ1v) is 6.36. The van der Waals surface area contributed by atoms with Crippen LogP contribution in [-0.4, -0.2) is 25.2 Å². The molecular formula is C14H21N3O4U. The molecule has 0 bridgehead atoms. The minimum Gasteiger partial charge on any atom is -0.465 e. The fourth-order valence-electron chi connectivity index (χ4n) is 1.41. The van der Waals surface area contributed by atoms with Gasteiger partial charge in [0.25, 0.3) is 0 Å². The Bertz CT molecular complexity index is 409. The molecule has 0 aromatic heterocycles. The molecule has 1 rings (SSSR count). The van der Waals surface area contributed by atoms with E-state index in [-0.39, 0.29) is 50.6 Å². The van der Waals surface area contributed by atoms with Gasteiger partial charge < -0.3 is 26.7 Å². The average molecular weight is 533 g/mol. The van der Waals surface area contributed by atoms with E-state index < -0.39 is 17.9 Å². The molecule has 0 saturated heterocycles. The minimum absolute atomic E-state index is 0. The van der Waals surface area contributed by atoms with Crippen LogP contribution < -0.4 is 17.2 Å². The van der Waals surface area contributed by atoms with Gasteiger partial charge in [-0.2, -0.15) is 30.3 Å². The maximum Gasteiger partial charge on any atom is 2.00 e. The van der Waals surface area contributed by atoms with E-state index in [0.29, 0.717) is 5.56 Å². The summed E-state index contributed by atoms with van der Waals surface area (Å²) in [6.07, 6.45) is -0.0833. The van der Waals surface area contributed by atoms with Crippen molar-refractivity contribution in [1.29, 1.82) is 0 Å². The van der Waals surface area contributed by atoms with Crippen molar-refractivity contribution < 1.29 is 50.2 Å². The van der Waals surface area contributed by atoms with Gasteiger partial charge in [0.15, 0.2) is 5.92 Å². The molecule has 0 aliphatic rings. The van der Waals surface area contributed by atoms with Gasteiger partial charge >= 0.3 is 43.1 Å². The monoisotopic (exact) mass is 533 g/mol. The minimum atomic E-state index is -1.01. The summed E-state index contributed by atoms with van der Waals surface area (Å²) in [5.41, 5.74) is 14.3. The Morgan fingerprint density at radius 1 is 1.09 bits per heavy atom. The summed E-state index contributed by atoms with van der Waals surface area (Å²) >= 11 is 0.